The van der Waals surface area contributed by atoms with Gasteiger partial charge in [-0.15, -0.1) is 0 Å². The number of carbonyl (C=O) groups excluding carboxylic acids is 2. The Labute approximate surface area is 318 Å². The van der Waals surface area contributed by atoms with Crippen LogP contribution in [-0.4, -0.2) is 119 Å². The van der Waals surface area contributed by atoms with E-state index in [1.165, 1.54) is 0 Å². The van der Waals surface area contributed by atoms with Gasteiger partial charge < -0.3 is 42.8 Å². The summed E-state index contributed by atoms with van der Waals surface area (Å²) < 4.78 is 50.2. The lowest BCUT2D eigenvalue weighted by molar-refractivity contribution is -0.317. The van der Waals surface area contributed by atoms with Gasteiger partial charge in [-0.3, -0.25) is 9.59 Å². The second-order valence-electron chi connectivity index (χ2n) is 17.1. The maximum Gasteiger partial charge on any atom is 0.306 e. The number of methoxy groups -OCH3 is 2. The summed E-state index contributed by atoms with van der Waals surface area (Å²) in [5.41, 5.74) is 0.816. The molecule has 3 aliphatic heterocycles. The Bertz CT molecular complexity index is 1260. The van der Waals surface area contributed by atoms with E-state index >= 15 is 0 Å². The van der Waals surface area contributed by atoms with Crippen LogP contribution in [0.4, 0.5) is 0 Å². The molecule has 0 N–H and O–H groups in total. The van der Waals surface area contributed by atoms with Crippen LogP contribution in [0.2, 0.25) is 0 Å². The summed E-state index contributed by atoms with van der Waals surface area (Å²) in [4.78, 5) is 30.5. The van der Waals surface area contributed by atoms with E-state index in [1.54, 1.807) is 14.2 Å². The molecule has 0 aromatic rings. The summed E-state index contributed by atoms with van der Waals surface area (Å²) >= 11 is 0. The fraction of sp³-hybridized carbons (Fsp3) is 0.905. The predicted molar refractivity (Wildman–Crippen MR) is 199 cm³/mol. The molecule has 11 nitrogen and oxygen atoms in total. The lowest BCUT2D eigenvalue weighted by Gasteiger charge is -2.44. The maximum absolute atomic E-state index is 14.7. The molecule has 0 aromatic heterocycles. The number of ether oxygens (including phenoxy) is 8. The lowest BCUT2D eigenvalue weighted by Crippen LogP contribution is -2.60. The van der Waals surface area contributed by atoms with Gasteiger partial charge >= 0.3 is 5.97 Å². The molecule has 2 saturated carbocycles. The van der Waals surface area contributed by atoms with Crippen LogP contribution >= 0.6 is 0 Å². The Hall–Kier alpha value is -1.44. The zero-order valence-corrected chi connectivity index (χ0v) is 33.9. The number of ketones is 1. The normalized spacial score (nSPS) is 45.4. The summed E-state index contributed by atoms with van der Waals surface area (Å²) in [5, 5.41) is 0. The number of nitrogens with zero attached hydrogens (tertiary/aromatic N) is 1. The van der Waals surface area contributed by atoms with Crippen LogP contribution in [-0.2, 0) is 47.5 Å². The molecule has 6 rings (SSSR count). The highest BCUT2D eigenvalue weighted by atomic mass is 16.7. The summed E-state index contributed by atoms with van der Waals surface area (Å²) in [6, 6.07) is 0.345. The van der Waals surface area contributed by atoms with Crippen molar-refractivity contribution in [2.75, 3.05) is 34.9 Å². The zero-order valence-electron chi connectivity index (χ0n) is 33.9. The fourth-order valence-corrected chi connectivity index (χ4v) is 11.1. The van der Waals surface area contributed by atoms with Gasteiger partial charge in [-0.1, -0.05) is 19.9 Å². The monoisotopic (exact) mass is 747 g/mol. The first kappa shape index (κ1) is 41.2. The van der Waals surface area contributed by atoms with Crippen LogP contribution in [0, 0.1) is 35.5 Å². The second-order valence-corrected chi connectivity index (χ2v) is 17.1. The Morgan fingerprint density at radius 3 is 2.28 bits per heavy atom. The van der Waals surface area contributed by atoms with Gasteiger partial charge in [-0.25, -0.2) is 0 Å². The van der Waals surface area contributed by atoms with Crippen LogP contribution in [0.15, 0.2) is 11.6 Å². The van der Waals surface area contributed by atoms with Crippen molar-refractivity contribution in [3.05, 3.63) is 11.6 Å². The molecule has 1 unspecified atom stereocenters. The van der Waals surface area contributed by atoms with Gasteiger partial charge in [0.05, 0.1) is 30.8 Å². The van der Waals surface area contributed by atoms with E-state index in [0.717, 1.165) is 69.8 Å². The van der Waals surface area contributed by atoms with Crippen molar-refractivity contribution in [2.24, 2.45) is 35.5 Å². The molecule has 0 spiro atoms. The van der Waals surface area contributed by atoms with Crippen LogP contribution in [0.25, 0.3) is 0 Å². The molecular weight excluding hydrogens is 678 g/mol. The predicted octanol–water partition coefficient (Wildman–Crippen LogP) is 6.10. The average molecular weight is 748 g/mol. The molecule has 3 saturated heterocycles. The summed E-state index contributed by atoms with van der Waals surface area (Å²) in [6.07, 6.45) is 8.81. The SMILES string of the molecule is CCO[C@@H]1[C@@H](OC)[C@H](C)O[C@@H](O[C@@H]2C[C@H]3CCC4[C@@H]5CC(=O)O[C@@H](CC)CCC[C@H](O[C@H]6CC[C@H](N(C)C)[C@@H](C)O6)[C@@H](C)C(=O)C5=C[C@H]4[C@@H]3C2)[C@@H]1OC. The third-order valence-corrected chi connectivity index (χ3v) is 13.8. The standard InChI is InChI=1S/C42H69NO10/c1-10-27-13-12-14-35(53-37-18-17-34(43(6)7)24(4)49-37)23(3)38(45)33-21-31-29(32(33)22-36(44)51-27)16-15-26-19-28(20-30(26)31)52-42-41(47-9)40(48-11-2)39(46-8)25(5)50-42/h21,23-32,34-35,37,39-42H,10-20,22H2,1-9H3/t23-,24-,25+,26-,27+,28-,29?,30-,31-,32+,34+,35+,37+,39+,40-,41-,42+/m1/s1. The number of fused-ring (bicyclic) bond motifs is 5. The number of rotatable bonds is 10. The third-order valence-electron chi connectivity index (χ3n) is 13.8. The van der Waals surface area contributed by atoms with E-state index in [-0.39, 0.29) is 90.9 Å². The number of hydrogen-bond donors (Lipinski definition) is 0. The first-order valence-corrected chi connectivity index (χ1v) is 20.9. The number of hydrogen-bond acceptors (Lipinski definition) is 11. The first-order chi connectivity index (χ1) is 25.5. The van der Waals surface area contributed by atoms with Crippen LogP contribution in [0.5, 0.6) is 0 Å². The van der Waals surface area contributed by atoms with Crippen molar-refractivity contribution < 1.29 is 47.5 Å². The third kappa shape index (κ3) is 8.93. The minimum Gasteiger partial charge on any atom is -0.462 e. The molecule has 3 heterocycles. The van der Waals surface area contributed by atoms with Gasteiger partial charge in [0, 0.05) is 38.7 Å². The zero-order chi connectivity index (χ0) is 38.0. The van der Waals surface area contributed by atoms with E-state index < -0.39 is 12.4 Å². The van der Waals surface area contributed by atoms with E-state index in [9.17, 15) is 9.59 Å². The van der Waals surface area contributed by atoms with Gasteiger partial charge in [0.1, 0.15) is 24.4 Å². The number of esters is 1. The van der Waals surface area contributed by atoms with E-state index in [4.69, 9.17) is 37.9 Å². The Kier molecular flexibility index (Phi) is 14.2. The summed E-state index contributed by atoms with van der Waals surface area (Å²) in [6.45, 7) is 10.7. The largest absolute Gasteiger partial charge is 0.462 e. The molecular formula is C42H69NO10. The van der Waals surface area contributed by atoms with Gasteiger partial charge in [0.2, 0.25) is 0 Å². The number of likely N-dealkylation sites (N-methyl/N-ethyl adjacent to an activating group) is 1. The van der Waals surface area contributed by atoms with Crippen LogP contribution < -0.4 is 0 Å². The molecule has 17 atom stereocenters. The van der Waals surface area contributed by atoms with Crippen molar-refractivity contribution in [2.45, 2.75) is 173 Å². The van der Waals surface area contributed by atoms with Gasteiger partial charge in [-0.2, -0.15) is 0 Å². The first-order valence-electron chi connectivity index (χ1n) is 20.9. The van der Waals surface area contributed by atoms with Crippen molar-refractivity contribution in [1.82, 2.24) is 4.90 Å². The molecule has 0 radical (unpaired) electrons. The smallest absolute Gasteiger partial charge is 0.306 e. The van der Waals surface area contributed by atoms with Crippen molar-refractivity contribution >= 4 is 11.8 Å². The molecule has 11 heteroatoms. The van der Waals surface area contributed by atoms with Gasteiger partial charge in [-0.05, 0) is 128 Å². The van der Waals surface area contributed by atoms with Gasteiger partial charge in [0.25, 0.3) is 0 Å². The highest BCUT2D eigenvalue weighted by Gasteiger charge is 2.54. The molecule has 0 bridgehead atoms. The second kappa shape index (κ2) is 18.2. The molecule has 53 heavy (non-hydrogen) atoms. The number of allylic oxidation sites excluding steroid dienone is 2. The fourth-order valence-electron chi connectivity index (χ4n) is 11.1. The van der Waals surface area contributed by atoms with Crippen LogP contribution in [0.1, 0.15) is 105 Å². The number of carbonyl (C=O) groups is 2. The van der Waals surface area contributed by atoms with Crippen molar-refractivity contribution in [1.29, 1.82) is 0 Å². The van der Waals surface area contributed by atoms with Crippen molar-refractivity contribution in [3.63, 3.8) is 0 Å². The average Bonchev–Trinajstić information content (AvgIpc) is 3.70. The molecule has 0 aromatic carbocycles. The molecule has 0 amide bonds. The van der Waals surface area contributed by atoms with E-state index in [2.05, 4.69) is 38.9 Å². The highest BCUT2D eigenvalue weighted by Crippen LogP contribution is 2.57. The molecule has 302 valence electrons. The Balaban J connectivity index is 1.20. The highest BCUT2D eigenvalue weighted by molar-refractivity contribution is 5.99. The van der Waals surface area contributed by atoms with Crippen LogP contribution in [0.3, 0.4) is 0 Å². The van der Waals surface area contributed by atoms with E-state index in [1.807, 2.05) is 20.8 Å². The molecule has 3 aliphatic carbocycles. The Morgan fingerprint density at radius 2 is 1.60 bits per heavy atom. The minimum atomic E-state index is -0.568. The molecule has 6 aliphatic rings. The minimum absolute atomic E-state index is 0.00218. The van der Waals surface area contributed by atoms with Gasteiger partial charge in [0.15, 0.2) is 18.4 Å². The Morgan fingerprint density at radius 1 is 0.830 bits per heavy atom. The summed E-state index contributed by atoms with van der Waals surface area (Å²) in [5.74, 6) is 0.733. The van der Waals surface area contributed by atoms with Crippen molar-refractivity contribution in [3.8, 4) is 0 Å². The lowest BCUT2D eigenvalue weighted by atomic mass is 9.66. The molecule has 5 fully saturated rings. The number of Topliss-reactive ketones (excluding diaryl/α,β-unsaturated/α-hetero) is 1. The quantitative estimate of drug-likeness (QED) is 0.242. The topological polar surface area (TPSA) is 111 Å². The van der Waals surface area contributed by atoms with E-state index in [0.29, 0.717) is 24.5 Å². The number of cyclic esters (lactones) is 1. The maximum atomic E-state index is 14.7. The summed E-state index contributed by atoms with van der Waals surface area (Å²) in [7, 11) is 7.55.